The van der Waals surface area contributed by atoms with Crippen LogP contribution in [0.15, 0.2) is 116 Å². The van der Waals surface area contributed by atoms with Crippen molar-refractivity contribution in [3.63, 3.8) is 0 Å². The molecule has 0 aliphatic rings. The highest BCUT2D eigenvalue weighted by atomic mass is 79.9. The Bertz CT molecular complexity index is 3400. The molecular weight excluding hydrogens is 969 g/mol. The van der Waals surface area contributed by atoms with Gasteiger partial charge in [0, 0.05) is 95.6 Å². The summed E-state index contributed by atoms with van der Waals surface area (Å²) >= 11 is 3.38. The van der Waals surface area contributed by atoms with E-state index in [-0.39, 0.29) is 22.5 Å². The van der Waals surface area contributed by atoms with Crippen LogP contribution >= 0.6 is 15.9 Å². The van der Waals surface area contributed by atoms with E-state index in [1.54, 1.807) is 76.1 Å². The molecule has 0 unspecified atom stereocenters. The molecule has 0 radical (unpaired) electrons. The molecule has 0 saturated heterocycles. The number of aromatic amines is 1. The highest BCUT2D eigenvalue weighted by Crippen LogP contribution is 2.11. The predicted molar refractivity (Wildman–Crippen MR) is 266 cm³/mol. The Kier molecular flexibility index (Phi) is 18.2. The van der Waals surface area contributed by atoms with Gasteiger partial charge < -0.3 is 13.6 Å². The van der Waals surface area contributed by atoms with Crippen LogP contribution in [-0.4, -0.2) is 63.6 Å². The van der Waals surface area contributed by atoms with Gasteiger partial charge in [0.1, 0.15) is 34.2 Å². The average Bonchev–Trinajstić information content (AvgIpc) is 4.12. The van der Waals surface area contributed by atoms with Crippen LogP contribution in [0.5, 0.6) is 0 Å². The fraction of sp³-hybridized carbons (Fsp3) is 0.375. The van der Waals surface area contributed by atoms with Crippen LogP contribution in [0.4, 0.5) is 0 Å². The van der Waals surface area contributed by atoms with E-state index < -0.39 is 11.2 Å². The van der Waals surface area contributed by atoms with E-state index in [4.69, 9.17) is 13.6 Å². The van der Waals surface area contributed by atoms with E-state index in [9.17, 15) is 28.8 Å². The first-order valence-electron chi connectivity index (χ1n) is 22.6. The molecule has 22 heteroatoms. The number of unbranched alkanes of at least 4 members (excludes halogenated alkanes) is 3. The number of halogens is 1. The number of pyridine rings is 3. The number of hydrogen-bond acceptors (Lipinski definition) is 15. The third-order valence-electron chi connectivity index (χ3n) is 11.0. The molecule has 0 bridgehead atoms. The van der Waals surface area contributed by atoms with Crippen LogP contribution < -0.4 is 33.7 Å². The summed E-state index contributed by atoms with van der Waals surface area (Å²) in [6.45, 7) is 6.45. The molecule has 9 aromatic rings. The van der Waals surface area contributed by atoms with Crippen molar-refractivity contribution < 1.29 is 13.6 Å². The van der Waals surface area contributed by atoms with E-state index in [0.717, 1.165) is 71.8 Å². The summed E-state index contributed by atoms with van der Waals surface area (Å²) in [5, 5.41) is 13.9. The fourth-order valence-electron chi connectivity index (χ4n) is 7.38. The largest absolute Gasteiger partial charge is 0.361 e. The van der Waals surface area contributed by atoms with Crippen molar-refractivity contribution in [3.8, 4) is 0 Å². The molecule has 70 heavy (non-hydrogen) atoms. The molecular formula is C48H55BrN12O9. The summed E-state index contributed by atoms with van der Waals surface area (Å²) in [7, 11) is 4.82. The predicted octanol–water partition coefficient (Wildman–Crippen LogP) is 5.15. The maximum Gasteiger partial charge on any atom is 0.332 e. The topological polar surface area (TPSA) is 260 Å². The van der Waals surface area contributed by atoms with Gasteiger partial charge in [-0.05, 0) is 95.7 Å². The van der Waals surface area contributed by atoms with Crippen LogP contribution in [0.2, 0.25) is 0 Å². The minimum absolute atomic E-state index is 0.285. The van der Waals surface area contributed by atoms with Gasteiger partial charge in [0.15, 0.2) is 0 Å². The smallest absolute Gasteiger partial charge is 0.332 e. The van der Waals surface area contributed by atoms with Crippen molar-refractivity contribution in [2.45, 2.75) is 91.6 Å². The van der Waals surface area contributed by atoms with Gasteiger partial charge in [-0.15, -0.1) is 0 Å². The first-order valence-corrected chi connectivity index (χ1v) is 23.8. The molecule has 0 saturated carbocycles. The van der Waals surface area contributed by atoms with Crippen molar-refractivity contribution in [2.24, 2.45) is 21.1 Å². The zero-order valence-electron chi connectivity index (χ0n) is 39.9. The molecule has 1 N–H and O–H groups in total. The molecule has 9 rings (SSSR count). The van der Waals surface area contributed by atoms with Crippen LogP contribution in [0.25, 0.3) is 33.1 Å². The molecule has 0 amide bonds. The number of nitrogens with one attached hydrogen (secondary N) is 1. The number of alkyl halides is 1. The lowest BCUT2D eigenvalue weighted by Gasteiger charge is -2.09. The Morgan fingerprint density at radius 1 is 0.514 bits per heavy atom. The van der Waals surface area contributed by atoms with Crippen molar-refractivity contribution in [3.05, 3.63) is 170 Å². The molecule has 21 nitrogen and oxygen atoms in total. The molecule has 0 fully saturated rings. The van der Waals surface area contributed by atoms with Crippen molar-refractivity contribution >= 4 is 49.0 Å². The SMILES string of the molecule is Cc1cc(CCCCBr)on1.Cc1cc(CCCCn2c(=O)c3cccnc3n(C)c2=O)on1.Cc1cc(CCCCn2c(=O)c3cccnc3n(C)c2=O)on1.Cn1c(=O)[nH]c(=O)c2cccnc21. The zero-order chi connectivity index (χ0) is 50.3. The molecule has 0 spiro atoms. The molecule has 368 valence electrons. The van der Waals surface area contributed by atoms with Gasteiger partial charge in [0.25, 0.3) is 16.7 Å². The second-order valence-corrected chi connectivity index (χ2v) is 17.2. The number of H-pyrrole nitrogens is 1. The zero-order valence-corrected chi connectivity index (χ0v) is 41.5. The van der Waals surface area contributed by atoms with Gasteiger partial charge in [-0.2, -0.15) is 0 Å². The van der Waals surface area contributed by atoms with E-state index in [2.05, 4.69) is 51.3 Å². The first-order chi connectivity index (χ1) is 33.7. The minimum Gasteiger partial charge on any atom is -0.361 e. The van der Waals surface area contributed by atoms with E-state index >= 15 is 0 Å². The number of aromatic nitrogens is 12. The minimum atomic E-state index is -0.448. The molecule has 9 aromatic heterocycles. The van der Waals surface area contributed by atoms with Gasteiger partial charge in [-0.25, -0.2) is 29.3 Å². The number of aryl methyl sites for hydroxylation is 9. The average molecular weight is 1020 g/mol. The van der Waals surface area contributed by atoms with Gasteiger partial charge in [-0.3, -0.25) is 42.2 Å². The summed E-state index contributed by atoms with van der Waals surface area (Å²) in [4.78, 5) is 86.3. The lowest BCUT2D eigenvalue weighted by molar-refractivity contribution is 0.374. The van der Waals surface area contributed by atoms with Crippen molar-refractivity contribution in [2.75, 3.05) is 5.33 Å². The third kappa shape index (κ3) is 13.1. The lowest BCUT2D eigenvalue weighted by Crippen LogP contribution is -2.39. The summed E-state index contributed by atoms with van der Waals surface area (Å²) in [6, 6.07) is 15.8. The summed E-state index contributed by atoms with van der Waals surface area (Å²) in [5.41, 5.74) is 1.82. The molecule has 0 aliphatic carbocycles. The maximum atomic E-state index is 12.5. The number of rotatable bonds is 14. The third-order valence-corrected chi connectivity index (χ3v) is 11.6. The second-order valence-electron chi connectivity index (χ2n) is 16.4. The standard InChI is InChI=1S/2C16H18N4O3.C8H12BrNO.C8H7N3O2/c2*1-11-10-12(23-18-11)6-3-4-9-20-15(21)13-7-5-8-17-14(13)19(2)16(20)22;1-7-6-8(11-10-7)4-2-3-5-9;1-11-6-5(3-2-4-9-6)7(12)10-8(11)13/h2*5,7-8,10H,3-4,6,9H2,1-2H3;6H,2-5H2,1H3;2-4H,1H3,(H,10,12,13). The Morgan fingerprint density at radius 2 is 0.886 bits per heavy atom. The first kappa shape index (κ1) is 51.8. The normalized spacial score (nSPS) is 11.0. The lowest BCUT2D eigenvalue weighted by atomic mass is 10.2. The Balaban J connectivity index is 0.000000160. The number of fused-ring (bicyclic) bond motifs is 3. The molecule has 0 aromatic carbocycles. The van der Waals surface area contributed by atoms with Crippen molar-refractivity contribution in [1.82, 2.24) is 58.2 Å². The summed E-state index contributed by atoms with van der Waals surface area (Å²) in [5.74, 6) is 2.65. The number of nitrogens with zero attached hydrogens (tertiary/aromatic N) is 11. The van der Waals surface area contributed by atoms with E-state index in [0.29, 0.717) is 59.0 Å². The Morgan fingerprint density at radius 3 is 1.26 bits per heavy atom. The Hall–Kier alpha value is -7.62. The monoisotopic (exact) mass is 1020 g/mol. The van der Waals surface area contributed by atoms with E-state index in [1.165, 1.54) is 35.7 Å². The van der Waals surface area contributed by atoms with Crippen molar-refractivity contribution in [1.29, 1.82) is 0 Å². The highest BCUT2D eigenvalue weighted by molar-refractivity contribution is 9.09. The molecule has 0 atom stereocenters. The quantitative estimate of drug-likeness (QED) is 0.109. The molecule has 9 heterocycles. The van der Waals surface area contributed by atoms with Crippen LogP contribution in [-0.2, 0) is 53.5 Å². The van der Waals surface area contributed by atoms with Crippen LogP contribution in [0.1, 0.15) is 72.9 Å². The summed E-state index contributed by atoms with van der Waals surface area (Å²) < 4.78 is 22.0. The van der Waals surface area contributed by atoms with Gasteiger partial charge in [-0.1, -0.05) is 31.4 Å². The fourth-order valence-corrected chi connectivity index (χ4v) is 7.78. The number of hydrogen-bond donors (Lipinski definition) is 1. The van der Waals surface area contributed by atoms with Gasteiger partial charge in [0.05, 0.1) is 33.2 Å². The maximum absolute atomic E-state index is 12.5. The van der Waals surface area contributed by atoms with Crippen LogP contribution in [0, 0.1) is 20.8 Å². The van der Waals surface area contributed by atoms with E-state index in [1.807, 2.05) is 39.0 Å². The van der Waals surface area contributed by atoms with Crippen LogP contribution in [0.3, 0.4) is 0 Å². The Labute approximate surface area is 407 Å². The van der Waals surface area contributed by atoms with Gasteiger partial charge in [0.2, 0.25) is 0 Å². The highest BCUT2D eigenvalue weighted by Gasteiger charge is 2.13. The second kappa shape index (κ2) is 24.6. The van der Waals surface area contributed by atoms with Gasteiger partial charge >= 0.3 is 17.1 Å². The summed E-state index contributed by atoms with van der Waals surface area (Å²) in [6.07, 6.45) is 12.6. The molecule has 0 aliphatic heterocycles.